The highest BCUT2D eigenvalue weighted by atomic mass is 16.5. The highest BCUT2D eigenvalue weighted by Crippen LogP contribution is 2.50. The van der Waals surface area contributed by atoms with Crippen molar-refractivity contribution in [1.82, 2.24) is 0 Å². The second-order valence-electron chi connectivity index (χ2n) is 7.81. The summed E-state index contributed by atoms with van der Waals surface area (Å²) in [6, 6.07) is 4.68. The maximum absolute atomic E-state index is 13.2. The SMILES string of the molecule is CC[C@]1(C(C)=O)CCc2c(O)c3c(c(O)c2C1)C(=O)c1cccc(OC)c1C3=O. The zero-order valence-corrected chi connectivity index (χ0v) is 16.6. The summed E-state index contributed by atoms with van der Waals surface area (Å²) in [5.41, 5.74) is 0.0134. The van der Waals surface area contributed by atoms with E-state index in [4.69, 9.17) is 4.74 Å². The number of hydrogen-bond acceptors (Lipinski definition) is 6. The van der Waals surface area contributed by atoms with Crippen LogP contribution in [0.3, 0.4) is 0 Å². The molecule has 0 fully saturated rings. The van der Waals surface area contributed by atoms with E-state index in [-0.39, 0.29) is 51.7 Å². The summed E-state index contributed by atoms with van der Waals surface area (Å²) >= 11 is 0. The molecular formula is C23H22O6. The number of ether oxygens (including phenoxy) is 1. The van der Waals surface area contributed by atoms with Gasteiger partial charge in [-0.25, -0.2) is 0 Å². The Labute approximate surface area is 168 Å². The molecule has 150 valence electrons. The lowest BCUT2D eigenvalue weighted by Crippen LogP contribution is -2.36. The quantitative estimate of drug-likeness (QED) is 0.661. The molecule has 2 N–H and O–H groups in total. The van der Waals surface area contributed by atoms with Crippen molar-refractivity contribution in [2.24, 2.45) is 5.41 Å². The summed E-state index contributed by atoms with van der Waals surface area (Å²) in [6.07, 6.45) is 1.68. The van der Waals surface area contributed by atoms with E-state index in [2.05, 4.69) is 0 Å². The highest BCUT2D eigenvalue weighted by Gasteiger charge is 2.44. The van der Waals surface area contributed by atoms with Crippen LogP contribution >= 0.6 is 0 Å². The lowest BCUT2D eigenvalue weighted by atomic mass is 9.66. The predicted molar refractivity (Wildman–Crippen MR) is 105 cm³/mol. The molecule has 6 nitrogen and oxygen atoms in total. The Hall–Kier alpha value is -3.15. The van der Waals surface area contributed by atoms with Crippen molar-refractivity contribution in [2.45, 2.75) is 39.5 Å². The van der Waals surface area contributed by atoms with Gasteiger partial charge in [-0.15, -0.1) is 0 Å². The number of carbonyl (C=O) groups excluding carboxylic acids is 3. The van der Waals surface area contributed by atoms with Crippen LogP contribution in [0, 0.1) is 5.41 Å². The summed E-state index contributed by atoms with van der Waals surface area (Å²) in [6.45, 7) is 3.44. The van der Waals surface area contributed by atoms with Crippen LogP contribution in [-0.4, -0.2) is 34.7 Å². The van der Waals surface area contributed by atoms with Gasteiger partial charge in [-0.05, 0) is 38.7 Å². The third-order valence-corrected chi connectivity index (χ3v) is 6.62. The number of aromatic hydroxyl groups is 2. The number of ketones is 3. The molecule has 4 rings (SSSR count). The number of hydrogen-bond donors (Lipinski definition) is 2. The van der Waals surface area contributed by atoms with E-state index in [1.807, 2.05) is 6.92 Å². The van der Waals surface area contributed by atoms with Gasteiger partial charge in [0.05, 0.1) is 23.8 Å². The minimum absolute atomic E-state index is 0.0137. The fourth-order valence-electron chi connectivity index (χ4n) is 4.75. The average Bonchev–Trinajstić information content (AvgIpc) is 2.73. The van der Waals surface area contributed by atoms with E-state index >= 15 is 0 Å². The number of fused-ring (bicyclic) bond motifs is 3. The van der Waals surface area contributed by atoms with Crippen molar-refractivity contribution in [2.75, 3.05) is 7.11 Å². The zero-order chi connectivity index (χ0) is 21.1. The molecule has 0 saturated heterocycles. The molecule has 6 heteroatoms. The Kier molecular flexibility index (Phi) is 4.26. The van der Waals surface area contributed by atoms with E-state index in [1.165, 1.54) is 20.1 Å². The third kappa shape index (κ3) is 2.44. The van der Waals surface area contributed by atoms with Gasteiger partial charge < -0.3 is 14.9 Å². The lowest BCUT2D eigenvalue weighted by molar-refractivity contribution is -0.127. The van der Waals surface area contributed by atoms with Gasteiger partial charge in [0.1, 0.15) is 23.0 Å². The van der Waals surface area contributed by atoms with Gasteiger partial charge in [-0.2, -0.15) is 0 Å². The van der Waals surface area contributed by atoms with Gasteiger partial charge in [0.15, 0.2) is 5.78 Å². The monoisotopic (exact) mass is 394 g/mol. The summed E-state index contributed by atoms with van der Waals surface area (Å²) in [4.78, 5) is 38.7. The van der Waals surface area contributed by atoms with Crippen LogP contribution in [0.2, 0.25) is 0 Å². The molecule has 2 aromatic carbocycles. The van der Waals surface area contributed by atoms with Crippen LogP contribution in [0.25, 0.3) is 0 Å². The van der Waals surface area contributed by atoms with Crippen LogP contribution < -0.4 is 4.74 Å². The van der Waals surface area contributed by atoms with Gasteiger partial charge in [0, 0.05) is 22.1 Å². The molecule has 0 saturated carbocycles. The molecule has 29 heavy (non-hydrogen) atoms. The third-order valence-electron chi connectivity index (χ3n) is 6.62. The number of Topliss-reactive ketones (excluding diaryl/α,β-unsaturated/α-hetero) is 1. The van der Waals surface area contributed by atoms with Gasteiger partial charge in [0.2, 0.25) is 5.78 Å². The molecule has 0 aliphatic heterocycles. The second-order valence-corrected chi connectivity index (χ2v) is 7.81. The molecule has 1 atom stereocenters. The average molecular weight is 394 g/mol. The standard InChI is InChI=1S/C23H22O6/c1-4-23(11(2)24)9-8-12-14(10-23)21(27)17-18(19(12)25)22(28)16-13(20(17)26)6-5-7-15(16)29-3/h5-7,25,27H,4,8-10H2,1-3H3/t23-/m0/s1. The minimum atomic E-state index is -0.645. The molecule has 0 spiro atoms. The van der Waals surface area contributed by atoms with E-state index in [0.29, 0.717) is 30.4 Å². The fraction of sp³-hybridized carbons (Fsp3) is 0.348. The normalized spacial score (nSPS) is 20.0. The minimum Gasteiger partial charge on any atom is -0.507 e. The van der Waals surface area contributed by atoms with Crippen LogP contribution in [0.15, 0.2) is 18.2 Å². The Morgan fingerprint density at radius 1 is 1.07 bits per heavy atom. The largest absolute Gasteiger partial charge is 0.507 e. The Morgan fingerprint density at radius 3 is 2.34 bits per heavy atom. The first-order valence-corrected chi connectivity index (χ1v) is 9.64. The van der Waals surface area contributed by atoms with Gasteiger partial charge in [0.25, 0.3) is 0 Å². The van der Waals surface area contributed by atoms with Crippen molar-refractivity contribution in [3.05, 3.63) is 51.6 Å². The number of rotatable bonds is 3. The number of carbonyl (C=O) groups is 3. The van der Waals surface area contributed by atoms with E-state index in [0.717, 1.165) is 0 Å². The summed E-state index contributed by atoms with van der Waals surface area (Å²) in [5.74, 6) is -1.43. The van der Waals surface area contributed by atoms with E-state index in [9.17, 15) is 24.6 Å². The number of phenols is 2. The molecule has 2 aliphatic carbocycles. The van der Waals surface area contributed by atoms with Crippen LogP contribution in [0.1, 0.15) is 69.7 Å². The molecule has 2 aliphatic rings. The van der Waals surface area contributed by atoms with Crippen molar-refractivity contribution in [3.63, 3.8) is 0 Å². The van der Waals surface area contributed by atoms with Crippen molar-refractivity contribution < 1.29 is 29.3 Å². The van der Waals surface area contributed by atoms with Crippen molar-refractivity contribution >= 4 is 17.3 Å². The van der Waals surface area contributed by atoms with E-state index in [1.54, 1.807) is 12.1 Å². The Balaban J connectivity index is 1.99. The summed E-state index contributed by atoms with van der Waals surface area (Å²) in [7, 11) is 1.40. The molecule has 0 heterocycles. The van der Waals surface area contributed by atoms with Crippen LogP contribution in [0.4, 0.5) is 0 Å². The molecule has 2 aromatic rings. The van der Waals surface area contributed by atoms with Crippen molar-refractivity contribution in [3.8, 4) is 17.2 Å². The molecule has 0 aromatic heterocycles. The first kappa shape index (κ1) is 19.2. The maximum atomic E-state index is 13.2. The number of phenolic OH excluding ortho intramolecular Hbond substituents is 2. The van der Waals surface area contributed by atoms with Crippen molar-refractivity contribution in [1.29, 1.82) is 0 Å². The van der Waals surface area contributed by atoms with Crippen LogP contribution in [0.5, 0.6) is 17.2 Å². The van der Waals surface area contributed by atoms with Gasteiger partial charge in [-0.1, -0.05) is 19.1 Å². The Morgan fingerprint density at radius 2 is 1.72 bits per heavy atom. The van der Waals surface area contributed by atoms with Gasteiger partial charge >= 0.3 is 0 Å². The molecular weight excluding hydrogens is 372 g/mol. The molecule has 0 bridgehead atoms. The maximum Gasteiger partial charge on any atom is 0.202 e. The van der Waals surface area contributed by atoms with Gasteiger partial charge in [-0.3, -0.25) is 14.4 Å². The van der Waals surface area contributed by atoms with Crippen LogP contribution in [-0.2, 0) is 17.6 Å². The zero-order valence-electron chi connectivity index (χ0n) is 16.6. The second kappa shape index (κ2) is 6.44. The lowest BCUT2D eigenvalue weighted by Gasteiger charge is -2.37. The smallest absolute Gasteiger partial charge is 0.202 e. The number of benzene rings is 2. The van der Waals surface area contributed by atoms with E-state index < -0.39 is 17.0 Å². The first-order chi connectivity index (χ1) is 13.8. The topological polar surface area (TPSA) is 101 Å². The highest BCUT2D eigenvalue weighted by molar-refractivity contribution is 6.31. The summed E-state index contributed by atoms with van der Waals surface area (Å²) < 4.78 is 5.24. The number of methoxy groups -OCH3 is 1. The molecule has 0 amide bonds. The first-order valence-electron chi connectivity index (χ1n) is 9.64. The Bertz CT molecular complexity index is 1100. The molecule has 0 unspecified atom stereocenters. The summed E-state index contributed by atoms with van der Waals surface area (Å²) in [5, 5.41) is 22.0. The fourth-order valence-corrected chi connectivity index (χ4v) is 4.75. The predicted octanol–water partition coefficient (Wildman–Crippen LogP) is 3.36. The molecule has 0 radical (unpaired) electrons.